The van der Waals surface area contributed by atoms with Gasteiger partial charge in [-0.2, -0.15) is 0 Å². The van der Waals surface area contributed by atoms with Crippen LogP contribution < -0.4 is 5.32 Å². The average molecular weight is 295 g/mol. The van der Waals surface area contributed by atoms with Gasteiger partial charge in [0.2, 0.25) is 0 Å². The van der Waals surface area contributed by atoms with Crippen molar-refractivity contribution in [1.29, 1.82) is 0 Å². The Hall–Kier alpha value is -2.32. The zero-order chi connectivity index (χ0) is 15.1. The molecule has 112 valence electrons. The molecule has 3 unspecified atom stereocenters. The lowest BCUT2D eigenvalue weighted by Crippen LogP contribution is -2.45. The first-order valence-corrected chi connectivity index (χ1v) is 7.60. The van der Waals surface area contributed by atoms with Crippen molar-refractivity contribution in [3.63, 3.8) is 0 Å². The van der Waals surface area contributed by atoms with Gasteiger partial charge in [0, 0.05) is 36.8 Å². The molecule has 0 spiro atoms. The van der Waals surface area contributed by atoms with Gasteiger partial charge in [-0.05, 0) is 31.6 Å². The maximum Gasteiger partial charge on any atom is 0.271 e. The third-order valence-electron chi connectivity index (χ3n) is 4.49. The van der Waals surface area contributed by atoms with E-state index in [1.807, 2.05) is 6.07 Å². The fourth-order valence-corrected chi connectivity index (χ4v) is 3.42. The first kappa shape index (κ1) is 13.4. The molecule has 1 amide bonds. The second-order valence-corrected chi connectivity index (χ2v) is 5.97. The quantitative estimate of drug-likeness (QED) is 0.861. The molecule has 2 aliphatic heterocycles. The number of carbonyl (C=O) groups excluding carboxylic acids is 1. The number of pyridine rings is 1. The zero-order valence-electron chi connectivity index (χ0n) is 12.4. The highest BCUT2D eigenvalue weighted by Crippen LogP contribution is 2.31. The highest BCUT2D eigenvalue weighted by atomic mass is 16.3. The van der Waals surface area contributed by atoms with Gasteiger partial charge in [0.1, 0.15) is 11.3 Å². The number of nitrogens with zero attached hydrogens (tertiary/aromatic N) is 2. The van der Waals surface area contributed by atoms with Crippen LogP contribution >= 0.6 is 0 Å². The van der Waals surface area contributed by atoms with Gasteiger partial charge in [-0.15, -0.1) is 0 Å². The van der Waals surface area contributed by atoms with E-state index in [4.69, 9.17) is 4.42 Å². The smallest absolute Gasteiger partial charge is 0.271 e. The van der Waals surface area contributed by atoms with Gasteiger partial charge < -0.3 is 9.73 Å². The van der Waals surface area contributed by atoms with E-state index in [9.17, 15) is 4.79 Å². The zero-order valence-corrected chi connectivity index (χ0v) is 12.4. The summed E-state index contributed by atoms with van der Waals surface area (Å²) in [6.07, 6.45) is 4.12. The summed E-state index contributed by atoms with van der Waals surface area (Å²) in [5, 5.41) is 3.94. The summed E-state index contributed by atoms with van der Waals surface area (Å²) in [5.41, 5.74) is 1.04. The Labute approximate surface area is 128 Å². The summed E-state index contributed by atoms with van der Waals surface area (Å²) < 4.78 is 5.61. The molecule has 0 radical (unpaired) electrons. The Kier molecular flexibility index (Phi) is 3.12. The van der Waals surface area contributed by atoms with E-state index in [2.05, 4.69) is 27.0 Å². The van der Waals surface area contributed by atoms with Gasteiger partial charge in [-0.25, -0.2) is 0 Å². The molecule has 2 aliphatic rings. The lowest BCUT2D eigenvalue weighted by atomic mass is 10.0. The SMILES string of the molecule is CC#Cc1cc2cnc(C(=O)NC3CC4CCN3C4)cc2o1. The summed E-state index contributed by atoms with van der Waals surface area (Å²) >= 11 is 0. The van der Waals surface area contributed by atoms with E-state index in [1.165, 1.54) is 6.42 Å². The lowest BCUT2D eigenvalue weighted by molar-refractivity contribution is 0.0877. The Balaban J connectivity index is 1.54. The molecular weight excluding hydrogens is 278 g/mol. The second-order valence-electron chi connectivity index (χ2n) is 5.97. The normalized spacial score (nSPS) is 26.0. The van der Waals surface area contributed by atoms with Crippen LogP contribution in [0.4, 0.5) is 0 Å². The van der Waals surface area contributed by atoms with Gasteiger partial charge in [0.25, 0.3) is 5.91 Å². The van der Waals surface area contributed by atoms with Crippen LogP contribution in [0.15, 0.2) is 22.7 Å². The molecule has 0 aliphatic carbocycles. The van der Waals surface area contributed by atoms with E-state index < -0.39 is 0 Å². The number of piperidine rings is 1. The third kappa shape index (κ3) is 2.26. The van der Waals surface area contributed by atoms with Gasteiger partial charge in [0.15, 0.2) is 5.76 Å². The summed E-state index contributed by atoms with van der Waals surface area (Å²) in [6.45, 7) is 3.95. The molecule has 2 bridgehead atoms. The molecule has 3 atom stereocenters. The Bertz CT molecular complexity index is 799. The number of nitrogens with one attached hydrogen (secondary N) is 1. The number of hydrogen-bond donors (Lipinski definition) is 1. The molecule has 2 fully saturated rings. The summed E-state index contributed by atoms with van der Waals surface area (Å²) in [4.78, 5) is 19.0. The molecule has 4 heterocycles. The fourth-order valence-electron chi connectivity index (χ4n) is 3.42. The minimum Gasteiger partial charge on any atom is -0.448 e. The monoisotopic (exact) mass is 295 g/mol. The number of fused-ring (bicyclic) bond motifs is 3. The van der Waals surface area contributed by atoms with Crippen LogP contribution in [0.1, 0.15) is 36.0 Å². The van der Waals surface area contributed by atoms with Crippen LogP contribution in [0.2, 0.25) is 0 Å². The number of carbonyl (C=O) groups is 1. The van der Waals surface area contributed by atoms with E-state index in [1.54, 1.807) is 19.2 Å². The number of amides is 1. The standard InChI is InChI=1S/C17H17N3O2/c1-2-3-13-7-12-9-18-14(8-15(12)22-13)17(21)19-16-6-11-4-5-20(16)10-11/h7-9,11,16H,4-6,10H2,1H3,(H,19,21). The van der Waals surface area contributed by atoms with E-state index in [0.29, 0.717) is 17.0 Å². The topological polar surface area (TPSA) is 58.4 Å². The van der Waals surface area contributed by atoms with E-state index in [0.717, 1.165) is 30.8 Å². The van der Waals surface area contributed by atoms with Crippen molar-refractivity contribution in [2.24, 2.45) is 5.92 Å². The van der Waals surface area contributed by atoms with E-state index in [-0.39, 0.29) is 12.1 Å². The fraction of sp³-hybridized carbons (Fsp3) is 0.412. The van der Waals surface area contributed by atoms with Gasteiger partial charge >= 0.3 is 0 Å². The Morgan fingerprint density at radius 2 is 2.41 bits per heavy atom. The number of aromatic nitrogens is 1. The van der Waals surface area contributed by atoms with Crippen molar-refractivity contribution >= 4 is 16.9 Å². The molecule has 5 nitrogen and oxygen atoms in total. The molecule has 4 rings (SSSR count). The number of furan rings is 1. The van der Waals surface area contributed by atoms with Gasteiger partial charge in [0.05, 0.1) is 6.17 Å². The van der Waals surface area contributed by atoms with Crippen LogP contribution in [-0.4, -0.2) is 35.0 Å². The van der Waals surface area contributed by atoms with Crippen molar-refractivity contribution in [2.45, 2.75) is 25.9 Å². The minimum atomic E-state index is -0.140. The Morgan fingerprint density at radius 1 is 1.50 bits per heavy atom. The highest BCUT2D eigenvalue weighted by Gasteiger charge is 2.38. The predicted octanol–water partition coefficient (Wildman–Crippen LogP) is 1.98. The second kappa shape index (κ2) is 5.15. The Morgan fingerprint density at radius 3 is 3.14 bits per heavy atom. The maximum absolute atomic E-state index is 12.4. The average Bonchev–Trinajstić information content (AvgIpc) is 3.20. The first-order chi connectivity index (χ1) is 10.7. The highest BCUT2D eigenvalue weighted by molar-refractivity contribution is 5.95. The molecule has 0 aromatic carbocycles. The molecule has 2 saturated heterocycles. The number of rotatable bonds is 2. The van der Waals surface area contributed by atoms with Crippen LogP contribution in [-0.2, 0) is 0 Å². The van der Waals surface area contributed by atoms with Crippen molar-refractivity contribution < 1.29 is 9.21 Å². The van der Waals surface area contributed by atoms with Crippen molar-refractivity contribution in [3.05, 3.63) is 29.8 Å². The molecule has 5 heteroatoms. The molecule has 1 N–H and O–H groups in total. The van der Waals surface area contributed by atoms with Crippen LogP contribution in [0.5, 0.6) is 0 Å². The minimum absolute atomic E-state index is 0.140. The van der Waals surface area contributed by atoms with Gasteiger partial charge in [-0.3, -0.25) is 14.7 Å². The summed E-state index contributed by atoms with van der Waals surface area (Å²) in [6, 6.07) is 3.52. The van der Waals surface area contributed by atoms with Crippen molar-refractivity contribution in [2.75, 3.05) is 13.1 Å². The lowest BCUT2D eigenvalue weighted by Gasteiger charge is -2.25. The molecule has 22 heavy (non-hydrogen) atoms. The summed E-state index contributed by atoms with van der Waals surface area (Å²) in [7, 11) is 0. The van der Waals surface area contributed by atoms with Crippen LogP contribution in [0.3, 0.4) is 0 Å². The van der Waals surface area contributed by atoms with Crippen LogP contribution in [0, 0.1) is 17.8 Å². The third-order valence-corrected chi connectivity index (χ3v) is 4.49. The van der Waals surface area contributed by atoms with Gasteiger partial charge in [-0.1, -0.05) is 5.92 Å². The van der Waals surface area contributed by atoms with E-state index >= 15 is 0 Å². The largest absolute Gasteiger partial charge is 0.448 e. The van der Waals surface area contributed by atoms with Crippen LogP contribution in [0.25, 0.3) is 11.0 Å². The van der Waals surface area contributed by atoms with Crippen molar-refractivity contribution in [3.8, 4) is 11.8 Å². The molecule has 0 saturated carbocycles. The number of hydrogen-bond acceptors (Lipinski definition) is 4. The summed E-state index contributed by atoms with van der Waals surface area (Å²) in [5.74, 6) is 6.86. The van der Waals surface area contributed by atoms with Crippen molar-refractivity contribution in [1.82, 2.24) is 15.2 Å². The predicted molar refractivity (Wildman–Crippen MR) is 82.1 cm³/mol. The first-order valence-electron chi connectivity index (χ1n) is 7.60. The molecule has 2 aromatic rings. The molecular formula is C17H17N3O2. The molecule has 2 aromatic heterocycles. The maximum atomic E-state index is 12.4.